The molecule has 1 aromatic rings. The largest absolute Gasteiger partial charge is 0.384 e. The van der Waals surface area contributed by atoms with Crippen LogP contribution in [0.15, 0.2) is 34.8 Å². The van der Waals surface area contributed by atoms with E-state index in [1.807, 2.05) is 31.5 Å². The predicted octanol–water partition coefficient (Wildman–Crippen LogP) is 0.571. The molecule has 114 valence electrons. The average molecular weight is 334 g/mol. The SMILES string of the molecule is BC1N=C2SC=CN2C1S(=O)(=O)Nc1ccc2c(c1)NCC2. The molecule has 0 fully saturated rings. The number of hydrogen-bond donors (Lipinski definition) is 2. The fraction of sp³-hybridized carbons (Fsp3) is 0.308. The first-order valence-electron chi connectivity index (χ1n) is 7.12. The quantitative estimate of drug-likeness (QED) is 0.791. The summed E-state index contributed by atoms with van der Waals surface area (Å²) in [6.07, 6.45) is 2.76. The molecule has 0 bridgehead atoms. The molecule has 3 aliphatic heterocycles. The molecular weight excluding hydrogens is 319 g/mol. The van der Waals surface area contributed by atoms with E-state index in [2.05, 4.69) is 15.0 Å². The zero-order valence-electron chi connectivity index (χ0n) is 12.0. The highest BCUT2D eigenvalue weighted by molar-refractivity contribution is 8.16. The van der Waals surface area contributed by atoms with Crippen LogP contribution in [-0.2, 0) is 16.4 Å². The van der Waals surface area contributed by atoms with Gasteiger partial charge in [0.15, 0.2) is 10.5 Å². The standard InChI is InChI=1S/C13H15BN4O2S2/c14-11-12(18-5-6-21-13(18)16-11)22(19,20)17-9-2-1-8-3-4-15-10(8)7-9/h1-2,5-7,11-12,15,17H,3-4,14H2. The first kappa shape index (κ1) is 14.0. The summed E-state index contributed by atoms with van der Waals surface area (Å²) in [5.41, 5.74) is 2.82. The van der Waals surface area contributed by atoms with Crippen molar-refractivity contribution in [1.82, 2.24) is 4.90 Å². The summed E-state index contributed by atoms with van der Waals surface area (Å²) in [5, 5.41) is 5.16. The number of nitrogens with one attached hydrogen (secondary N) is 2. The highest BCUT2D eigenvalue weighted by Gasteiger charge is 2.43. The van der Waals surface area contributed by atoms with Crippen molar-refractivity contribution in [2.75, 3.05) is 16.6 Å². The van der Waals surface area contributed by atoms with Crippen LogP contribution in [0.1, 0.15) is 5.56 Å². The van der Waals surface area contributed by atoms with Crippen molar-refractivity contribution in [3.8, 4) is 0 Å². The monoisotopic (exact) mass is 334 g/mol. The van der Waals surface area contributed by atoms with E-state index >= 15 is 0 Å². The normalized spacial score (nSPS) is 25.6. The van der Waals surface area contributed by atoms with Gasteiger partial charge in [0.05, 0.1) is 11.6 Å². The van der Waals surface area contributed by atoms with Crippen LogP contribution in [0, 0.1) is 0 Å². The van der Waals surface area contributed by atoms with Gasteiger partial charge in [0.1, 0.15) is 7.85 Å². The molecule has 22 heavy (non-hydrogen) atoms. The van der Waals surface area contributed by atoms with Crippen molar-refractivity contribution in [1.29, 1.82) is 0 Å². The predicted molar refractivity (Wildman–Crippen MR) is 93.3 cm³/mol. The van der Waals surface area contributed by atoms with Gasteiger partial charge >= 0.3 is 0 Å². The molecule has 0 amide bonds. The number of benzene rings is 1. The molecule has 3 aliphatic rings. The zero-order chi connectivity index (χ0) is 15.3. The van der Waals surface area contributed by atoms with Gasteiger partial charge in [0.25, 0.3) is 10.0 Å². The molecule has 0 aliphatic carbocycles. The number of sulfonamides is 1. The van der Waals surface area contributed by atoms with E-state index in [4.69, 9.17) is 0 Å². The van der Waals surface area contributed by atoms with Gasteiger partial charge in [-0.1, -0.05) is 17.8 Å². The highest BCUT2D eigenvalue weighted by Crippen LogP contribution is 2.33. The number of anilines is 2. The van der Waals surface area contributed by atoms with Crippen molar-refractivity contribution >= 4 is 46.2 Å². The molecule has 2 unspecified atom stereocenters. The molecule has 1 aromatic carbocycles. The van der Waals surface area contributed by atoms with E-state index in [9.17, 15) is 8.42 Å². The molecule has 3 heterocycles. The maximum absolute atomic E-state index is 12.8. The third-order valence-electron chi connectivity index (χ3n) is 4.01. The topological polar surface area (TPSA) is 73.8 Å². The Bertz CT molecular complexity index is 793. The third-order valence-corrected chi connectivity index (χ3v) is 6.58. The van der Waals surface area contributed by atoms with Crippen LogP contribution in [0.3, 0.4) is 0 Å². The molecule has 0 radical (unpaired) electrons. The maximum Gasteiger partial charge on any atom is 0.255 e. The summed E-state index contributed by atoms with van der Waals surface area (Å²) in [6.45, 7) is 0.901. The summed E-state index contributed by atoms with van der Waals surface area (Å²) in [7, 11) is -1.74. The highest BCUT2D eigenvalue weighted by atomic mass is 32.2. The lowest BCUT2D eigenvalue weighted by Gasteiger charge is -2.24. The van der Waals surface area contributed by atoms with Gasteiger partial charge in [0, 0.05) is 18.4 Å². The number of fused-ring (bicyclic) bond motifs is 2. The minimum absolute atomic E-state index is 0.294. The van der Waals surface area contributed by atoms with Gasteiger partial charge in [-0.25, -0.2) is 8.42 Å². The van der Waals surface area contributed by atoms with Gasteiger partial charge in [-0.3, -0.25) is 9.71 Å². The van der Waals surface area contributed by atoms with Crippen molar-refractivity contribution in [3.63, 3.8) is 0 Å². The van der Waals surface area contributed by atoms with Crippen molar-refractivity contribution in [2.45, 2.75) is 17.7 Å². The molecule has 9 heteroatoms. The van der Waals surface area contributed by atoms with Gasteiger partial charge in [-0.2, -0.15) is 0 Å². The lowest BCUT2D eigenvalue weighted by Crippen LogP contribution is -2.44. The molecular formula is C13H15BN4O2S2. The Labute approximate surface area is 134 Å². The second kappa shape index (κ2) is 4.95. The average Bonchev–Trinajstić information content (AvgIpc) is 3.11. The molecule has 0 saturated heterocycles. The molecule has 0 aromatic heterocycles. The summed E-state index contributed by atoms with van der Waals surface area (Å²) in [5.74, 6) is -0.294. The maximum atomic E-state index is 12.8. The van der Waals surface area contributed by atoms with Crippen LogP contribution in [-0.4, -0.2) is 44.2 Å². The molecule has 6 nitrogen and oxygen atoms in total. The minimum atomic E-state index is -3.56. The summed E-state index contributed by atoms with van der Waals surface area (Å²) < 4.78 is 28.2. The Morgan fingerprint density at radius 1 is 1.45 bits per heavy atom. The molecule has 2 N–H and O–H groups in total. The van der Waals surface area contributed by atoms with Crippen molar-refractivity contribution in [3.05, 3.63) is 35.4 Å². The van der Waals surface area contributed by atoms with E-state index in [1.165, 1.54) is 17.3 Å². The molecule has 4 rings (SSSR count). The van der Waals surface area contributed by atoms with Crippen LogP contribution in [0.25, 0.3) is 0 Å². The van der Waals surface area contributed by atoms with Crippen LogP contribution < -0.4 is 10.0 Å². The lowest BCUT2D eigenvalue weighted by molar-refractivity contribution is 0.503. The first-order valence-corrected chi connectivity index (χ1v) is 9.55. The first-order chi connectivity index (χ1) is 10.5. The van der Waals surface area contributed by atoms with E-state index in [0.717, 1.165) is 23.8 Å². The second-order valence-electron chi connectivity index (χ2n) is 5.55. The van der Waals surface area contributed by atoms with Crippen molar-refractivity contribution in [2.24, 2.45) is 4.99 Å². The minimum Gasteiger partial charge on any atom is -0.384 e. The van der Waals surface area contributed by atoms with Crippen molar-refractivity contribution < 1.29 is 8.42 Å². The molecule has 0 saturated carbocycles. The van der Waals surface area contributed by atoms with Crippen LogP contribution in [0.4, 0.5) is 11.4 Å². The van der Waals surface area contributed by atoms with Crippen LogP contribution in [0.5, 0.6) is 0 Å². The van der Waals surface area contributed by atoms with E-state index in [1.54, 1.807) is 11.1 Å². The number of amidine groups is 1. The van der Waals surface area contributed by atoms with Gasteiger partial charge in [-0.05, 0) is 29.5 Å². The van der Waals surface area contributed by atoms with Gasteiger partial charge in [-0.15, -0.1) is 0 Å². The second-order valence-corrected chi connectivity index (χ2v) is 8.20. The van der Waals surface area contributed by atoms with Gasteiger partial charge < -0.3 is 10.2 Å². The smallest absolute Gasteiger partial charge is 0.255 e. The Balaban J connectivity index is 1.60. The number of aliphatic imine (C=N–C) groups is 1. The molecule has 2 atom stereocenters. The summed E-state index contributed by atoms with van der Waals surface area (Å²) >= 11 is 1.45. The zero-order valence-corrected chi connectivity index (χ0v) is 13.6. The number of nitrogens with zero attached hydrogens (tertiary/aromatic N) is 2. The number of thioether (sulfide) groups is 1. The fourth-order valence-electron chi connectivity index (χ4n) is 3.03. The van der Waals surface area contributed by atoms with E-state index in [0.29, 0.717) is 5.69 Å². The Hall–Kier alpha value is -1.61. The Morgan fingerprint density at radius 2 is 2.32 bits per heavy atom. The van der Waals surface area contributed by atoms with E-state index in [-0.39, 0.29) is 5.94 Å². The molecule has 0 spiro atoms. The van der Waals surface area contributed by atoms with Crippen LogP contribution in [0.2, 0.25) is 0 Å². The lowest BCUT2D eigenvalue weighted by atomic mass is 9.98. The van der Waals surface area contributed by atoms with Gasteiger partial charge in [0.2, 0.25) is 0 Å². The number of rotatable bonds is 3. The Morgan fingerprint density at radius 3 is 3.18 bits per heavy atom. The number of hydrogen-bond acceptors (Lipinski definition) is 6. The third kappa shape index (κ3) is 2.19. The summed E-state index contributed by atoms with van der Waals surface area (Å²) in [4.78, 5) is 6.13. The Kier molecular flexibility index (Phi) is 3.16. The van der Waals surface area contributed by atoms with Crippen LogP contribution >= 0.6 is 11.8 Å². The van der Waals surface area contributed by atoms with E-state index < -0.39 is 15.4 Å². The fourth-order valence-corrected chi connectivity index (χ4v) is 5.56. The summed E-state index contributed by atoms with van der Waals surface area (Å²) in [6, 6.07) is 5.65.